The zero-order valence-corrected chi connectivity index (χ0v) is 16.6. The van der Waals surface area contributed by atoms with Gasteiger partial charge in [0.1, 0.15) is 11.4 Å². The second-order valence-electron chi connectivity index (χ2n) is 7.29. The van der Waals surface area contributed by atoms with Crippen LogP contribution in [0.15, 0.2) is 60.9 Å². The number of hydrogen-bond donors (Lipinski definition) is 1. The van der Waals surface area contributed by atoms with Crippen molar-refractivity contribution in [2.24, 2.45) is 0 Å². The normalized spacial score (nSPS) is 13.1. The Balaban J connectivity index is 1.45. The van der Waals surface area contributed by atoms with Crippen LogP contribution in [0.1, 0.15) is 36.3 Å². The zero-order chi connectivity index (χ0) is 20.2. The lowest BCUT2D eigenvalue weighted by Gasteiger charge is -2.30. The minimum Gasteiger partial charge on any atom is -0.491 e. The number of aromatic nitrogens is 2. The molecule has 0 fully saturated rings. The van der Waals surface area contributed by atoms with Gasteiger partial charge in [-0.3, -0.25) is 4.79 Å². The van der Waals surface area contributed by atoms with Gasteiger partial charge < -0.3 is 15.0 Å². The molecule has 1 amide bonds. The van der Waals surface area contributed by atoms with Crippen LogP contribution >= 0.6 is 0 Å². The molecule has 3 aromatic rings. The first-order valence-electron chi connectivity index (χ1n) is 9.86. The highest BCUT2D eigenvalue weighted by molar-refractivity contribution is 6.02. The van der Waals surface area contributed by atoms with Crippen molar-refractivity contribution < 1.29 is 9.53 Å². The summed E-state index contributed by atoms with van der Waals surface area (Å²) in [5, 5.41) is 2.84. The molecule has 148 valence electrons. The van der Waals surface area contributed by atoms with Crippen LogP contribution in [-0.2, 0) is 6.42 Å². The highest BCUT2D eigenvalue weighted by atomic mass is 16.5. The van der Waals surface area contributed by atoms with E-state index in [-0.39, 0.29) is 17.7 Å². The van der Waals surface area contributed by atoms with Crippen LogP contribution in [0.4, 0.5) is 17.2 Å². The standard InChI is InChI=1S/C23H24N4O2/c1-16(2)29-19-11-9-18(10-12-19)26-23(28)20-14-25-22(15-24-20)27-13-5-7-17-6-3-4-8-21(17)27/h3-4,6,8-12,14-16H,5,7,13H2,1-2H3,(H,26,28). The third kappa shape index (κ3) is 4.37. The van der Waals surface area contributed by atoms with E-state index >= 15 is 0 Å². The molecule has 1 aromatic heterocycles. The van der Waals surface area contributed by atoms with Crippen molar-refractivity contribution in [1.82, 2.24) is 9.97 Å². The van der Waals surface area contributed by atoms with Crippen LogP contribution in [0, 0.1) is 0 Å². The summed E-state index contributed by atoms with van der Waals surface area (Å²) >= 11 is 0. The van der Waals surface area contributed by atoms with E-state index in [9.17, 15) is 4.79 Å². The van der Waals surface area contributed by atoms with Gasteiger partial charge in [0.2, 0.25) is 0 Å². The number of fused-ring (bicyclic) bond motifs is 1. The monoisotopic (exact) mass is 388 g/mol. The number of benzene rings is 2. The van der Waals surface area contributed by atoms with Gasteiger partial charge in [-0.2, -0.15) is 0 Å². The molecule has 6 heteroatoms. The van der Waals surface area contributed by atoms with E-state index in [1.807, 2.05) is 44.2 Å². The maximum Gasteiger partial charge on any atom is 0.275 e. The lowest BCUT2D eigenvalue weighted by molar-refractivity contribution is 0.102. The van der Waals surface area contributed by atoms with Gasteiger partial charge in [-0.05, 0) is 62.6 Å². The number of carbonyl (C=O) groups excluding carboxylic acids is 1. The van der Waals surface area contributed by atoms with E-state index in [2.05, 4.69) is 38.4 Å². The number of amides is 1. The second-order valence-corrected chi connectivity index (χ2v) is 7.29. The summed E-state index contributed by atoms with van der Waals surface area (Å²) in [5.74, 6) is 1.23. The zero-order valence-electron chi connectivity index (χ0n) is 16.6. The van der Waals surface area contributed by atoms with E-state index in [4.69, 9.17) is 4.74 Å². The van der Waals surface area contributed by atoms with Crippen molar-refractivity contribution in [3.05, 3.63) is 72.2 Å². The number of rotatable bonds is 5. The van der Waals surface area contributed by atoms with Gasteiger partial charge in [0.25, 0.3) is 5.91 Å². The molecule has 0 aliphatic carbocycles. The fraction of sp³-hybridized carbons (Fsp3) is 0.261. The number of nitrogens with one attached hydrogen (secondary N) is 1. The van der Waals surface area contributed by atoms with Gasteiger partial charge in [0.05, 0.1) is 18.5 Å². The van der Waals surface area contributed by atoms with E-state index in [1.54, 1.807) is 6.20 Å². The van der Waals surface area contributed by atoms with E-state index in [0.717, 1.165) is 36.6 Å². The summed E-state index contributed by atoms with van der Waals surface area (Å²) in [5.41, 5.74) is 3.43. The quantitative estimate of drug-likeness (QED) is 0.692. The van der Waals surface area contributed by atoms with Crippen LogP contribution in [0.3, 0.4) is 0 Å². The maximum absolute atomic E-state index is 12.5. The first kappa shape index (κ1) is 18.9. The highest BCUT2D eigenvalue weighted by Crippen LogP contribution is 2.31. The number of ether oxygens (including phenoxy) is 1. The van der Waals surface area contributed by atoms with Crippen molar-refractivity contribution in [3.63, 3.8) is 0 Å². The predicted octanol–water partition coefficient (Wildman–Crippen LogP) is 4.60. The molecule has 6 nitrogen and oxygen atoms in total. The van der Waals surface area contributed by atoms with Crippen molar-refractivity contribution in [2.75, 3.05) is 16.8 Å². The molecule has 1 N–H and O–H groups in total. The Kier molecular flexibility index (Phi) is 5.42. The van der Waals surface area contributed by atoms with Gasteiger partial charge >= 0.3 is 0 Å². The van der Waals surface area contributed by atoms with E-state index < -0.39 is 0 Å². The molecule has 0 radical (unpaired) electrons. The summed E-state index contributed by atoms with van der Waals surface area (Å²) in [4.78, 5) is 23.5. The number of carbonyl (C=O) groups is 1. The minimum absolute atomic E-state index is 0.107. The Morgan fingerprint density at radius 3 is 2.59 bits per heavy atom. The summed E-state index contributed by atoms with van der Waals surface area (Å²) < 4.78 is 5.61. The smallest absolute Gasteiger partial charge is 0.275 e. The van der Waals surface area contributed by atoms with E-state index in [1.165, 1.54) is 11.8 Å². The molecule has 0 spiro atoms. The SMILES string of the molecule is CC(C)Oc1ccc(NC(=O)c2cnc(N3CCCc4ccccc43)cn2)cc1. The third-order valence-electron chi connectivity index (χ3n) is 4.74. The molecule has 29 heavy (non-hydrogen) atoms. The molecule has 2 heterocycles. The fourth-order valence-electron chi connectivity index (χ4n) is 3.43. The van der Waals surface area contributed by atoms with Gasteiger partial charge in [0.15, 0.2) is 5.82 Å². The summed E-state index contributed by atoms with van der Waals surface area (Å²) in [7, 11) is 0. The summed E-state index contributed by atoms with van der Waals surface area (Å²) in [6, 6.07) is 15.6. The Bertz CT molecular complexity index is 985. The number of aryl methyl sites for hydroxylation is 1. The Hall–Kier alpha value is -3.41. The van der Waals surface area contributed by atoms with Crippen LogP contribution in [0.2, 0.25) is 0 Å². The van der Waals surface area contributed by atoms with Gasteiger partial charge in [-0.15, -0.1) is 0 Å². The van der Waals surface area contributed by atoms with Crippen LogP contribution in [0.25, 0.3) is 0 Å². The molecular formula is C23H24N4O2. The average Bonchev–Trinajstić information content (AvgIpc) is 2.74. The molecule has 0 atom stereocenters. The molecule has 1 aliphatic heterocycles. The Morgan fingerprint density at radius 2 is 1.86 bits per heavy atom. The number of nitrogens with zero attached hydrogens (tertiary/aromatic N) is 3. The summed E-state index contributed by atoms with van der Waals surface area (Å²) in [6.07, 6.45) is 5.43. The van der Waals surface area contributed by atoms with Gasteiger partial charge in [-0.1, -0.05) is 18.2 Å². The topological polar surface area (TPSA) is 67.3 Å². The van der Waals surface area contributed by atoms with Crippen molar-refractivity contribution in [2.45, 2.75) is 32.8 Å². The number of anilines is 3. The molecule has 0 saturated heterocycles. The maximum atomic E-state index is 12.5. The summed E-state index contributed by atoms with van der Waals surface area (Å²) in [6.45, 7) is 4.84. The number of hydrogen-bond acceptors (Lipinski definition) is 5. The van der Waals surface area contributed by atoms with Crippen LogP contribution < -0.4 is 15.0 Å². The fourth-order valence-corrected chi connectivity index (χ4v) is 3.43. The Morgan fingerprint density at radius 1 is 1.07 bits per heavy atom. The lowest BCUT2D eigenvalue weighted by Crippen LogP contribution is -2.25. The Labute approximate surface area is 170 Å². The van der Waals surface area contributed by atoms with Crippen LogP contribution in [-0.4, -0.2) is 28.5 Å². The number of para-hydroxylation sites is 1. The largest absolute Gasteiger partial charge is 0.491 e. The third-order valence-corrected chi connectivity index (χ3v) is 4.74. The van der Waals surface area contributed by atoms with E-state index in [0.29, 0.717) is 5.69 Å². The lowest BCUT2D eigenvalue weighted by atomic mass is 10.0. The first-order valence-corrected chi connectivity index (χ1v) is 9.86. The van der Waals surface area contributed by atoms with Gasteiger partial charge in [0, 0.05) is 17.9 Å². The molecule has 0 unspecified atom stereocenters. The molecule has 4 rings (SSSR count). The van der Waals surface area contributed by atoms with Crippen molar-refractivity contribution in [3.8, 4) is 5.75 Å². The first-order chi connectivity index (χ1) is 14.1. The van der Waals surface area contributed by atoms with Gasteiger partial charge in [-0.25, -0.2) is 9.97 Å². The molecule has 1 aliphatic rings. The average molecular weight is 388 g/mol. The van der Waals surface area contributed by atoms with Crippen LogP contribution in [0.5, 0.6) is 5.75 Å². The van der Waals surface area contributed by atoms with Crippen molar-refractivity contribution in [1.29, 1.82) is 0 Å². The minimum atomic E-state index is -0.291. The highest BCUT2D eigenvalue weighted by Gasteiger charge is 2.19. The van der Waals surface area contributed by atoms with Crippen molar-refractivity contribution >= 4 is 23.1 Å². The molecule has 0 saturated carbocycles. The molecule has 0 bridgehead atoms. The second kappa shape index (κ2) is 8.31. The molecular weight excluding hydrogens is 364 g/mol. The molecule has 2 aromatic carbocycles. The predicted molar refractivity (Wildman–Crippen MR) is 114 cm³/mol.